The summed E-state index contributed by atoms with van der Waals surface area (Å²) >= 11 is 0. The monoisotopic (exact) mass is 297 g/mol. The second kappa shape index (κ2) is 5.57. The minimum Gasteiger partial charge on any atom is -0.392 e. The van der Waals surface area contributed by atoms with Crippen molar-refractivity contribution in [2.45, 2.75) is 13.2 Å². The largest absolute Gasteiger partial charge is 0.392 e. The van der Waals surface area contributed by atoms with Gasteiger partial charge in [0.05, 0.1) is 18.5 Å². The van der Waals surface area contributed by atoms with Crippen molar-refractivity contribution in [3.8, 4) is 0 Å². The molecule has 6 nitrogen and oxygen atoms in total. The molecule has 6 heteroatoms. The van der Waals surface area contributed by atoms with Gasteiger partial charge in [0.15, 0.2) is 0 Å². The van der Waals surface area contributed by atoms with Gasteiger partial charge < -0.3 is 5.11 Å². The van der Waals surface area contributed by atoms with Gasteiger partial charge in [0.25, 0.3) is 5.56 Å². The molecule has 0 unspecified atom stereocenters. The molecule has 1 aromatic carbocycles. The molecule has 0 saturated carbocycles. The van der Waals surface area contributed by atoms with Crippen LogP contribution in [0.1, 0.15) is 11.1 Å². The van der Waals surface area contributed by atoms with Crippen molar-refractivity contribution in [3.63, 3.8) is 0 Å². The van der Waals surface area contributed by atoms with Crippen LogP contribution in [0.15, 0.2) is 52.2 Å². The summed E-state index contributed by atoms with van der Waals surface area (Å²) in [7, 11) is 1.58. The number of hydrogen-bond donors (Lipinski definition) is 1. The van der Waals surface area contributed by atoms with Crippen molar-refractivity contribution < 1.29 is 5.11 Å². The Balaban J connectivity index is 2.26. The van der Waals surface area contributed by atoms with Gasteiger partial charge in [-0.15, -0.1) is 0 Å². The Hall–Kier alpha value is -2.73. The molecule has 0 fully saturated rings. The molecule has 0 aliphatic rings. The topological polar surface area (TPSA) is 77.1 Å². The van der Waals surface area contributed by atoms with Gasteiger partial charge in [-0.25, -0.2) is 9.78 Å². The highest BCUT2D eigenvalue weighted by Crippen LogP contribution is 2.08. The summed E-state index contributed by atoms with van der Waals surface area (Å²) in [6.45, 7) is -0.00442. The van der Waals surface area contributed by atoms with Crippen LogP contribution in [0.2, 0.25) is 0 Å². The van der Waals surface area contributed by atoms with Crippen LogP contribution in [0.3, 0.4) is 0 Å². The Morgan fingerprint density at radius 3 is 2.55 bits per heavy atom. The third-order valence-corrected chi connectivity index (χ3v) is 3.60. The highest BCUT2D eigenvalue weighted by Gasteiger charge is 2.12. The fourth-order valence-electron chi connectivity index (χ4n) is 2.42. The lowest BCUT2D eigenvalue weighted by molar-refractivity contribution is 0.281. The number of pyridine rings is 1. The molecule has 0 amide bonds. The smallest absolute Gasteiger partial charge is 0.332 e. The van der Waals surface area contributed by atoms with Crippen LogP contribution in [0.5, 0.6) is 0 Å². The summed E-state index contributed by atoms with van der Waals surface area (Å²) in [5.74, 6) is 0. The molecule has 0 spiro atoms. The summed E-state index contributed by atoms with van der Waals surface area (Å²) in [4.78, 5) is 29.1. The zero-order chi connectivity index (χ0) is 15.7. The summed E-state index contributed by atoms with van der Waals surface area (Å²) in [6, 6.07) is 10.9. The van der Waals surface area contributed by atoms with E-state index in [4.69, 9.17) is 0 Å². The first kappa shape index (κ1) is 14.2. The number of aromatic nitrogens is 3. The highest BCUT2D eigenvalue weighted by molar-refractivity contribution is 5.74. The van der Waals surface area contributed by atoms with E-state index in [1.807, 2.05) is 30.3 Å². The first-order valence-corrected chi connectivity index (χ1v) is 6.85. The zero-order valence-electron chi connectivity index (χ0n) is 12.1. The van der Waals surface area contributed by atoms with Crippen molar-refractivity contribution >= 4 is 11.0 Å². The van der Waals surface area contributed by atoms with Crippen LogP contribution in [0.25, 0.3) is 11.0 Å². The van der Waals surface area contributed by atoms with Crippen molar-refractivity contribution in [3.05, 3.63) is 74.6 Å². The number of aliphatic hydroxyl groups is 1. The van der Waals surface area contributed by atoms with Crippen LogP contribution < -0.4 is 11.2 Å². The van der Waals surface area contributed by atoms with Crippen LogP contribution in [0.4, 0.5) is 0 Å². The van der Waals surface area contributed by atoms with Crippen molar-refractivity contribution in [1.82, 2.24) is 14.1 Å². The fourth-order valence-corrected chi connectivity index (χ4v) is 2.42. The SMILES string of the molecule is Cn1c(=O)n(Cc2ccccc2)c(=O)c2cc(CO)cnc21. The molecule has 22 heavy (non-hydrogen) atoms. The van der Waals surface area contributed by atoms with Crippen molar-refractivity contribution in [2.24, 2.45) is 7.05 Å². The molecule has 0 radical (unpaired) electrons. The maximum atomic E-state index is 12.6. The van der Waals surface area contributed by atoms with Crippen LogP contribution in [-0.4, -0.2) is 19.2 Å². The molecule has 1 N–H and O–H groups in total. The number of aliphatic hydroxyl groups excluding tert-OH is 1. The highest BCUT2D eigenvalue weighted by atomic mass is 16.3. The lowest BCUT2D eigenvalue weighted by atomic mass is 10.2. The summed E-state index contributed by atoms with van der Waals surface area (Å²) in [6.07, 6.45) is 1.46. The second-order valence-electron chi connectivity index (χ2n) is 5.09. The number of hydrogen-bond acceptors (Lipinski definition) is 4. The number of benzene rings is 1. The molecule has 3 rings (SSSR count). The molecule has 0 aliphatic carbocycles. The normalized spacial score (nSPS) is 11.0. The fraction of sp³-hybridized carbons (Fsp3) is 0.188. The Morgan fingerprint density at radius 2 is 1.86 bits per heavy atom. The van der Waals surface area contributed by atoms with Gasteiger partial charge >= 0.3 is 5.69 Å². The third kappa shape index (κ3) is 2.33. The Bertz CT molecular complexity index is 942. The molecular weight excluding hydrogens is 282 g/mol. The molecule has 0 atom stereocenters. The first-order valence-electron chi connectivity index (χ1n) is 6.85. The molecule has 0 bridgehead atoms. The van der Waals surface area contributed by atoms with Crippen LogP contribution >= 0.6 is 0 Å². The van der Waals surface area contributed by atoms with E-state index in [0.29, 0.717) is 16.6 Å². The minimum absolute atomic E-state index is 0.200. The van der Waals surface area contributed by atoms with Crippen molar-refractivity contribution in [2.75, 3.05) is 0 Å². The molecule has 0 saturated heterocycles. The van der Waals surface area contributed by atoms with Crippen LogP contribution in [-0.2, 0) is 20.2 Å². The van der Waals surface area contributed by atoms with E-state index in [0.717, 1.165) is 5.56 Å². The average molecular weight is 297 g/mol. The maximum absolute atomic E-state index is 12.6. The van der Waals surface area contributed by atoms with E-state index in [1.165, 1.54) is 15.3 Å². The number of nitrogens with zero attached hydrogens (tertiary/aromatic N) is 3. The molecule has 0 aliphatic heterocycles. The van der Waals surface area contributed by atoms with Crippen molar-refractivity contribution in [1.29, 1.82) is 0 Å². The van der Waals surface area contributed by atoms with Gasteiger partial charge in [0, 0.05) is 13.2 Å². The third-order valence-electron chi connectivity index (χ3n) is 3.60. The molecule has 2 aromatic heterocycles. The second-order valence-corrected chi connectivity index (χ2v) is 5.09. The predicted molar refractivity (Wildman–Crippen MR) is 82.7 cm³/mol. The van der Waals surface area contributed by atoms with Crippen LogP contribution in [0, 0.1) is 0 Å². The summed E-state index contributed by atoms with van der Waals surface area (Å²) < 4.78 is 2.53. The molecule has 3 aromatic rings. The maximum Gasteiger partial charge on any atom is 0.332 e. The number of rotatable bonds is 3. The van der Waals surface area contributed by atoms with Gasteiger partial charge in [0.1, 0.15) is 5.65 Å². The van der Waals surface area contributed by atoms with Gasteiger partial charge in [-0.1, -0.05) is 30.3 Å². The van der Waals surface area contributed by atoms with Gasteiger partial charge in [-0.3, -0.25) is 13.9 Å². The lowest BCUT2D eigenvalue weighted by Crippen LogP contribution is -2.39. The molecular formula is C16H15N3O3. The van der Waals surface area contributed by atoms with Gasteiger partial charge in [-0.05, 0) is 17.2 Å². The summed E-state index contributed by atoms with van der Waals surface area (Å²) in [5.41, 5.74) is 0.911. The molecule has 112 valence electrons. The Morgan fingerprint density at radius 1 is 1.14 bits per heavy atom. The standard InChI is InChI=1S/C16H15N3O3/c1-18-14-13(7-12(10-20)8-17-14)15(21)19(16(18)22)9-11-5-3-2-4-6-11/h2-8,20H,9-10H2,1H3. The average Bonchev–Trinajstić information content (AvgIpc) is 2.57. The van der Waals surface area contributed by atoms with E-state index < -0.39 is 11.2 Å². The number of aryl methyl sites for hydroxylation is 1. The lowest BCUT2D eigenvalue weighted by Gasteiger charge is -2.10. The summed E-state index contributed by atoms with van der Waals surface area (Å²) in [5, 5.41) is 9.52. The number of fused-ring (bicyclic) bond motifs is 1. The van der Waals surface area contributed by atoms with Gasteiger partial charge in [-0.2, -0.15) is 0 Å². The van der Waals surface area contributed by atoms with E-state index >= 15 is 0 Å². The predicted octanol–water partition coefficient (Wildman–Crippen LogP) is 0.636. The van der Waals surface area contributed by atoms with E-state index in [-0.39, 0.29) is 13.2 Å². The molecule has 2 heterocycles. The zero-order valence-corrected chi connectivity index (χ0v) is 12.1. The van der Waals surface area contributed by atoms with Gasteiger partial charge in [0.2, 0.25) is 0 Å². The van der Waals surface area contributed by atoms with E-state index in [1.54, 1.807) is 13.1 Å². The Labute approximate surface area is 125 Å². The first-order chi connectivity index (χ1) is 10.6. The van der Waals surface area contributed by atoms with E-state index in [2.05, 4.69) is 4.98 Å². The van der Waals surface area contributed by atoms with E-state index in [9.17, 15) is 14.7 Å². The minimum atomic E-state index is -0.411. The Kier molecular flexibility index (Phi) is 3.60. The quantitative estimate of drug-likeness (QED) is 0.769.